The van der Waals surface area contributed by atoms with Crippen molar-refractivity contribution in [1.29, 1.82) is 0 Å². The lowest BCUT2D eigenvalue weighted by molar-refractivity contribution is -0.138. The number of hydrogen-bond donors (Lipinski definition) is 1. The zero-order valence-electron chi connectivity index (χ0n) is 22.7. The number of Topliss-reactive ketones (excluding diaryl/α,β-unsaturated/α-hetero) is 1. The van der Waals surface area contributed by atoms with Crippen LogP contribution in [0.25, 0.3) is 0 Å². The Morgan fingerprint density at radius 1 is 0.850 bits per heavy atom. The summed E-state index contributed by atoms with van der Waals surface area (Å²) in [6.45, 7) is 4.30. The van der Waals surface area contributed by atoms with Crippen molar-refractivity contribution >= 4 is 23.5 Å². The van der Waals surface area contributed by atoms with E-state index in [-0.39, 0.29) is 42.0 Å². The van der Waals surface area contributed by atoms with Crippen molar-refractivity contribution in [2.75, 3.05) is 13.1 Å². The van der Waals surface area contributed by atoms with E-state index >= 15 is 0 Å². The molecular weight excluding hydrogens is 506 g/mol. The summed E-state index contributed by atoms with van der Waals surface area (Å²) in [6.07, 6.45) is 0.945. The molecule has 1 N–H and O–H groups in total. The van der Waals surface area contributed by atoms with Gasteiger partial charge in [-0.2, -0.15) is 0 Å². The van der Waals surface area contributed by atoms with Crippen molar-refractivity contribution in [3.05, 3.63) is 96.1 Å². The van der Waals surface area contributed by atoms with E-state index in [1.165, 1.54) is 0 Å². The van der Waals surface area contributed by atoms with Crippen LogP contribution in [-0.4, -0.2) is 64.5 Å². The molecule has 2 saturated heterocycles. The van der Waals surface area contributed by atoms with Gasteiger partial charge < -0.3 is 19.9 Å². The Kier molecular flexibility index (Phi) is 7.96. The second-order valence-corrected chi connectivity index (χ2v) is 10.7. The van der Waals surface area contributed by atoms with Crippen LogP contribution in [0, 0.1) is 5.92 Å². The van der Waals surface area contributed by atoms with Crippen LogP contribution in [0.4, 0.5) is 0 Å². The Hall–Kier alpha value is -4.46. The standard InChI is InChI=1S/C32H33N3O5/c1-21(2)19-26(33-30(37)22-13-15-25(16-14-22)40-24-11-7-4-8-12-24)32(39)34-18-17-27-29(34)28(36)20-35(27)31(38)23-9-5-3-6-10-23/h3-16,21,26-27,29H,17-20H2,1-2H3,(H,33,37)/t26-,27?,29?/m0/s1. The SMILES string of the molecule is CC(C)C[C@H](NC(=O)c1ccc(Oc2ccccc2)cc1)C(=O)N1CCC2C1C(=O)CN2C(=O)c1ccccc1. The molecule has 0 aliphatic carbocycles. The van der Waals surface area contributed by atoms with Crippen LogP contribution in [0.1, 0.15) is 47.4 Å². The van der Waals surface area contributed by atoms with Gasteiger partial charge >= 0.3 is 0 Å². The molecule has 0 spiro atoms. The topological polar surface area (TPSA) is 96.0 Å². The highest BCUT2D eigenvalue weighted by Crippen LogP contribution is 2.32. The van der Waals surface area contributed by atoms with E-state index in [4.69, 9.17) is 4.74 Å². The van der Waals surface area contributed by atoms with Gasteiger partial charge in [0.15, 0.2) is 5.78 Å². The van der Waals surface area contributed by atoms with Crippen molar-refractivity contribution in [2.45, 2.75) is 44.8 Å². The maximum absolute atomic E-state index is 13.8. The number of nitrogens with one attached hydrogen (secondary N) is 1. The van der Waals surface area contributed by atoms with Gasteiger partial charge in [-0.25, -0.2) is 0 Å². The van der Waals surface area contributed by atoms with Gasteiger partial charge in [0, 0.05) is 17.7 Å². The second kappa shape index (κ2) is 11.7. The van der Waals surface area contributed by atoms with E-state index in [1.54, 1.807) is 58.3 Å². The first-order chi connectivity index (χ1) is 19.3. The van der Waals surface area contributed by atoms with Crippen molar-refractivity contribution in [1.82, 2.24) is 15.1 Å². The first-order valence-electron chi connectivity index (χ1n) is 13.6. The lowest BCUT2D eigenvalue weighted by Gasteiger charge is -2.29. The molecule has 5 rings (SSSR count). The molecule has 0 saturated carbocycles. The highest BCUT2D eigenvalue weighted by atomic mass is 16.5. The molecule has 8 nitrogen and oxygen atoms in total. The second-order valence-electron chi connectivity index (χ2n) is 10.7. The van der Waals surface area contributed by atoms with Crippen LogP contribution in [0.5, 0.6) is 11.5 Å². The number of carbonyl (C=O) groups excluding carboxylic acids is 4. The molecule has 2 heterocycles. The third-order valence-electron chi connectivity index (χ3n) is 7.39. The fraction of sp³-hybridized carbons (Fsp3) is 0.312. The van der Waals surface area contributed by atoms with Crippen LogP contribution >= 0.6 is 0 Å². The van der Waals surface area contributed by atoms with Gasteiger partial charge in [-0.15, -0.1) is 0 Å². The zero-order chi connectivity index (χ0) is 28.2. The Balaban J connectivity index is 1.27. The maximum atomic E-state index is 13.8. The number of benzene rings is 3. The molecule has 0 radical (unpaired) electrons. The van der Waals surface area contributed by atoms with Crippen LogP contribution in [0.15, 0.2) is 84.9 Å². The van der Waals surface area contributed by atoms with Crippen molar-refractivity contribution in [3.63, 3.8) is 0 Å². The number of nitrogens with zero attached hydrogens (tertiary/aromatic N) is 2. The molecule has 206 valence electrons. The molecule has 40 heavy (non-hydrogen) atoms. The van der Waals surface area contributed by atoms with Crippen LogP contribution in [0.3, 0.4) is 0 Å². The number of likely N-dealkylation sites (tertiary alicyclic amines) is 2. The van der Waals surface area contributed by atoms with Crippen molar-refractivity contribution < 1.29 is 23.9 Å². The minimum Gasteiger partial charge on any atom is -0.457 e. The van der Waals surface area contributed by atoms with Crippen LogP contribution in [0.2, 0.25) is 0 Å². The molecule has 8 heteroatoms. The number of ether oxygens (including phenoxy) is 1. The van der Waals surface area contributed by atoms with Crippen molar-refractivity contribution in [2.24, 2.45) is 5.92 Å². The predicted molar refractivity (Wildman–Crippen MR) is 150 cm³/mol. The first-order valence-corrected chi connectivity index (χ1v) is 13.6. The molecule has 2 unspecified atom stereocenters. The van der Waals surface area contributed by atoms with Gasteiger partial charge in [0.1, 0.15) is 23.6 Å². The minimum absolute atomic E-state index is 0.0224. The minimum atomic E-state index is -0.793. The van der Waals surface area contributed by atoms with E-state index in [2.05, 4.69) is 5.32 Å². The summed E-state index contributed by atoms with van der Waals surface area (Å²) >= 11 is 0. The van der Waals surface area contributed by atoms with Gasteiger partial charge in [0.25, 0.3) is 11.8 Å². The monoisotopic (exact) mass is 539 g/mol. The highest BCUT2D eigenvalue weighted by Gasteiger charge is 2.52. The largest absolute Gasteiger partial charge is 0.457 e. The molecule has 3 atom stereocenters. The lowest BCUT2D eigenvalue weighted by atomic mass is 10.0. The summed E-state index contributed by atoms with van der Waals surface area (Å²) in [4.78, 5) is 56.3. The number of para-hydroxylation sites is 1. The third kappa shape index (κ3) is 5.76. The Bertz CT molecular complexity index is 1370. The molecule has 2 fully saturated rings. The molecule has 0 aromatic heterocycles. The summed E-state index contributed by atoms with van der Waals surface area (Å²) < 4.78 is 5.80. The summed E-state index contributed by atoms with van der Waals surface area (Å²) in [5.41, 5.74) is 0.920. The van der Waals surface area contributed by atoms with E-state index < -0.39 is 12.1 Å². The smallest absolute Gasteiger partial charge is 0.254 e. The van der Waals surface area contributed by atoms with Crippen LogP contribution in [-0.2, 0) is 9.59 Å². The van der Waals surface area contributed by atoms with Gasteiger partial charge in [-0.3, -0.25) is 19.2 Å². The third-order valence-corrected chi connectivity index (χ3v) is 7.39. The highest BCUT2D eigenvalue weighted by molar-refractivity contribution is 6.03. The quantitative estimate of drug-likeness (QED) is 0.460. The average molecular weight is 540 g/mol. The lowest BCUT2D eigenvalue weighted by Crippen LogP contribution is -2.53. The zero-order valence-corrected chi connectivity index (χ0v) is 22.7. The molecule has 3 amide bonds. The number of fused-ring (bicyclic) bond motifs is 1. The fourth-order valence-electron chi connectivity index (χ4n) is 5.52. The average Bonchev–Trinajstić information content (AvgIpc) is 3.54. The predicted octanol–water partition coefficient (Wildman–Crippen LogP) is 4.32. The molecular formula is C32H33N3O5. The molecule has 3 aromatic carbocycles. The first kappa shape index (κ1) is 27.1. The van der Waals surface area contributed by atoms with E-state index in [0.29, 0.717) is 42.0 Å². The van der Waals surface area contributed by atoms with Gasteiger partial charge in [0.2, 0.25) is 5.91 Å². The summed E-state index contributed by atoms with van der Waals surface area (Å²) in [6, 6.07) is 23.1. The van der Waals surface area contributed by atoms with Gasteiger partial charge in [-0.1, -0.05) is 50.2 Å². The summed E-state index contributed by atoms with van der Waals surface area (Å²) in [7, 11) is 0. The molecule has 3 aromatic rings. The summed E-state index contributed by atoms with van der Waals surface area (Å²) in [5, 5.41) is 2.90. The normalized spacial score (nSPS) is 18.9. The van der Waals surface area contributed by atoms with Crippen LogP contribution < -0.4 is 10.1 Å². The molecule has 2 aliphatic rings. The number of amides is 3. The molecule has 0 bridgehead atoms. The maximum Gasteiger partial charge on any atom is 0.254 e. The van der Waals surface area contributed by atoms with E-state index in [9.17, 15) is 19.2 Å². The number of rotatable bonds is 8. The van der Waals surface area contributed by atoms with Crippen molar-refractivity contribution in [3.8, 4) is 11.5 Å². The Morgan fingerprint density at radius 2 is 1.48 bits per heavy atom. The van der Waals surface area contributed by atoms with Gasteiger partial charge in [-0.05, 0) is 67.3 Å². The summed E-state index contributed by atoms with van der Waals surface area (Å²) in [5.74, 6) is 0.392. The number of ketones is 1. The fourth-order valence-corrected chi connectivity index (χ4v) is 5.52. The molecule has 2 aliphatic heterocycles. The van der Waals surface area contributed by atoms with Gasteiger partial charge in [0.05, 0.1) is 12.6 Å². The number of hydrogen-bond acceptors (Lipinski definition) is 5. The Morgan fingerprint density at radius 3 is 2.12 bits per heavy atom. The van der Waals surface area contributed by atoms with E-state index in [0.717, 1.165) is 0 Å². The van der Waals surface area contributed by atoms with E-state index in [1.807, 2.05) is 50.2 Å². The Labute approximate surface area is 233 Å². The number of carbonyl (C=O) groups is 4.